The van der Waals surface area contributed by atoms with Crippen molar-refractivity contribution in [2.24, 2.45) is 0 Å². The molecule has 0 atom stereocenters. The summed E-state index contributed by atoms with van der Waals surface area (Å²) in [7, 11) is 1.69. The fourth-order valence-electron chi connectivity index (χ4n) is 5.92. The molecule has 6 heteroatoms. The lowest BCUT2D eigenvalue weighted by Crippen LogP contribution is -2.36. The standard InChI is InChI=1S/C36H37N3O3/c1-25-30(36-37-31-18-17-29(38-19-10-20-38)21-32(31)39(36)28-15-9-16-28)22-33(40-2)35(42-24-27-13-7-4-8-14-27)34(25)41-23-26-11-5-3-6-12-26/h3-8,11-14,17-18,21-22,28H,9-10,15-16,19-20,23-24H2,1-2H3. The molecule has 2 aliphatic rings. The third-order valence-corrected chi connectivity index (χ3v) is 8.70. The third-order valence-electron chi connectivity index (χ3n) is 8.70. The van der Waals surface area contributed by atoms with Crippen LogP contribution in [0, 0.1) is 6.92 Å². The number of methoxy groups -OCH3 is 1. The monoisotopic (exact) mass is 559 g/mol. The quantitative estimate of drug-likeness (QED) is 0.173. The Bertz CT molecular complexity index is 1690. The Labute approximate surface area is 247 Å². The summed E-state index contributed by atoms with van der Waals surface area (Å²) in [6.07, 6.45) is 4.83. The number of imidazole rings is 1. The van der Waals surface area contributed by atoms with Crippen LogP contribution >= 0.6 is 0 Å². The molecule has 1 aliphatic carbocycles. The molecule has 1 aromatic heterocycles. The van der Waals surface area contributed by atoms with Crippen LogP contribution < -0.4 is 19.1 Å². The van der Waals surface area contributed by atoms with Gasteiger partial charge >= 0.3 is 0 Å². The molecule has 1 saturated heterocycles. The molecule has 6 nitrogen and oxygen atoms in total. The SMILES string of the molecule is COc1cc(-c2nc3ccc(N4CCC4)cc3n2C2CCC2)c(C)c(OCc2ccccc2)c1OCc1ccccc1. The molecule has 1 aliphatic heterocycles. The fourth-order valence-corrected chi connectivity index (χ4v) is 5.92. The normalized spacial score (nSPS) is 14.9. The van der Waals surface area contributed by atoms with Crippen LogP contribution in [0.15, 0.2) is 84.9 Å². The van der Waals surface area contributed by atoms with Gasteiger partial charge in [-0.15, -0.1) is 0 Å². The Hall–Kier alpha value is -4.45. The first-order valence-corrected chi connectivity index (χ1v) is 15.0. The maximum absolute atomic E-state index is 6.59. The molecule has 0 amide bonds. The van der Waals surface area contributed by atoms with Crippen LogP contribution in [0.2, 0.25) is 0 Å². The van der Waals surface area contributed by atoms with Crippen molar-refractivity contribution in [3.05, 3.63) is 102 Å². The van der Waals surface area contributed by atoms with Gasteiger partial charge in [-0.1, -0.05) is 60.7 Å². The molecular weight excluding hydrogens is 522 g/mol. The van der Waals surface area contributed by atoms with E-state index in [0.29, 0.717) is 36.5 Å². The molecule has 0 unspecified atom stereocenters. The van der Waals surface area contributed by atoms with Crippen molar-refractivity contribution in [2.75, 3.05) is 25.1 Å². The highest BCUT2D eigenvalue weighted by atomic mass is 16.5. The Morgan fingerprint density at radius 3 is 2.02 bits per heavy atom. The Balaban J connectivity index is 1.35. The largest absolute Gasteiger partial charge is 0.493 e. The molecule has 4 aromatic carbocycles. The highest BCUT2D eigenvalue weighted by Crippen LogP contribution is 2.48. The van der Waals surface area contributed by atoms with E-state index in [-0.39, 0.29) is 0 Å². The Morgan fingerprint density at radius 2 is 1.45 bits per heavy atom. The Morgan fingerprint density at radius 1 is 0.786 bits per heavy atom. The van der Waals surface area contributed by atoms with E-state index in [0.717, 1.165) is 59.5 Å². The molecule has 1 saturated carbocycles. The van der Waals surface area contributed by atoms with Crippen molar-refractivity contribution in [1.29, 1.82) is 0 Å². The summed E-state index contributed by atoms with van der Waals surface area (Å²) in [4.78, 5) is 7.69. The maximum Gasteiger partial charge on any atom is 0.204 e. The van der Waals surface area contributed by atoms with Crippen LogP contribution in [0.5, 0.6) is 17.2 Å². The minimum absolute atomic E-state index is 0.414. The van der Waals surface area contributed by atoms with Gasteiger partial charge in [0.2, 0.25) is 5.75 Å². The maximum atomic E-state index is 6.59. The molecule has 7 rings (SSSR count). The predicted octanol–water partition coefficient (Wildman–Crippen LogP) is 8.11. The van der Waals surface area contributed by atoms with Gasteiger partial charge in [0.15, 0.2) is 11.5 Å². The second-order valence-electron chi connectivity index (χ2n) is 11.4. The Kier molecular flexibility index (Phi) is 7.20. The van der Waals surface area contributed by atoms with Crippen molar-refractivity contribution in [3.8, 4) is 28.6 Å². The van der Waals surface area contributed by atoms with E-state index in [1.54, 1.807) is 7.11 Å². The second-order valence-corrected chi connectivity index (χ2v) is 11.4. The lowest BCUT2D eigenvalue weighted by Gasteiger charge is -2.34. The molecule has 0 spiro atoms. The summed E-state index contributed by atoms with van der Waals surface area (Å²) >= 11 is 0. The lowest BCUT2D eigenvalue weighted by atomic mass is 9.92. The molecule has 5 aromatic rings. The molecular formula is C36H37N3O3. The molecule has 0 N–H and O–H groups in total. The summed E-state index contributed by atoms with van der Waals surface area (Å²) in [5.74, 6) is 2.91. The summed E-state index contributed by atoms with van der Waals surface area (Å²) < 4.78 is 21.5. The first kappa shape index (κ1) is 26.4. The first-order valence-electron chi connectivity index (χ1n) is 15.0. The number of hydrogen-bond donors (Lipinski definition) is 0. The van der Waals surface area contributed by atoms with Gasteiger partial charge in [-0.2, -0.15) is 0 Å². The molecule has 42 heavy (non-hydrogen) atoms. The van der Waals surface area contributed by atoms with Gasteiger partial charge in [-0.3, -0.25) is 0 Å². The average Bonchev–Trinajstić information content (AvgIpc) is 3.33. The number of fused-ring (bicyclic) bond motifs is 1. The fraction of sp³-hybridized carbons (Fsp3) is 0.306. The van der Waals surface area contributed by atoms with Gasteiger partial charge in [0.1, 0.15) is 19.0 Å². The van der Waals surface area contributed by atoms with Crippen molar-refractivity contribution in [3.63, 3.8) is 0 Å². The van der Waals surface area contributed by atoms with Crippen LogP contribution in [0.3, 0.4) is 0 Å². The summed E-state index contributed by atoms with van der Waals surface area (Å²) in [5, 5.41) is 0. The van der Waals surface area contributed by atoms with Crippen LogP contribution in [-0.2, 0) is 13.2 Å². The number of nitrogens with zero attached hydrogens (tertiary/aromatic N) is 3. The van der Waals surface area contributed by atoms with Gasteiger partial charge < -0.3 is 23.7 Å². The number of hydrogen-bond acceptors (Lipinski definition) is 5. The summed E-state index contributed by atoms with van der Waals surface area (Å²) in [5.41, 5.74) is 7.69. The highest BCUT2D eigenvalue weighted by Gasteiger charge is 2.29. The minimum atomic E-state index is 0.414. The first-order chi connectivity index (χ1) is 20.7. The van der Waals surface area contributed by atoms with E-state index >= 15 is 0 Å². The van der Waals surface area contributed by atoms with Crippen molar-refractivity contribution >= 4 is 16.7 Å². The predicted molar refractivity (Wildman–Crippen MR) is 168 cm³/mol. The van der Waals surface area contributed by atoms with E-state index in [1.165, 1.54) is 24.0 Å². The zero-order valence-corrected chi connectivity index (χ0v) is 24.4. The number of ether oxygens (including phenoxy) is 3. The van der Waals surface area contributed by atoms with Gasteiger partial charge in [0.05, 0.1) is 18.1 Å². The molecule has 2 fully saturated rings. The third kappa shape index (κ3) is 4.95. The van der Waals surface area contributed by atoms with Crippen LogP contribution in [0.25, 0.3) is 22.4 Å². The average molecular weight is 560 g/mol. The van der Waals surface area contributed by atoms with E-state index in [4.69, 9.17) is 19.2 Å². The van der Waals surface area contributed by atoms with Gasteiger partial charge in [0, 0.05) is 35.9 Å². The van der Waals surface area contributed by atoms with Crippen LogP contribution in [0.4, 0.5) is 5.69 Å². The van der Waals surface area contributed by atoms with E-state index in [2.05, 4.69) is 64.9 Å². The second kappa shape index (κ2) is 11.4. The number of aromatic nitrogens is 2. The molecule has 0 radical (unpaired) electrons. The summed E-state index contributed by atoms with van der Waals surface area (Å²) in [6.45, 7) is 5.20. The zero-order valence-electron chi connectivity index (χ0n) is 24.4. The molecule has 2 heterocycles. The smallest absolute Gasteiger partial charge is 0.204 e. The summed E-state index contributed by atoms with van der Waals surface area (Å²) in [6, 6.07) is 29.7. The number of anilines is 1. The molecule has 0 bridgehead atoms. The molecule has 214 valence electrons. The highest BCUT2D eigenvalue weighted by molar-refractivity contribution is 5.86. The van der Waals surface area contributed by atoms with Gasteiger partial charge in [-0.25, -0.2) is 4.98 Å². The van der Waals surface area contributed by atoms with Gasteiger partial charge in [-0.05, 0) is 68.0 Å². The topological polar surface area (TPSA) is 48.8 Å². The van der Waals surface area contributed by atoms with Crippen LogP contribution in [0.1, 0.15) is 48.4 Å². The van der Waals surface area contributed by atoms with Crippen molar-refractivity contribution in [2.45, 2.75) is 51.9 Å². The van der Waals surface area contributed by atoms with E-state index in [9.17, 15) is 0 Å². The van der Waals surface area contributed by atoms with E-state index < -0.39 is 0 Å². The van der Waals surface area contributed by atoms with Crippen molar-refractivity contribution < 1.29 is 14.2 Å². The van der Waals surface area contributed by atoms with E-state index in [1.807, 2.05) is 36.4 Å². The zero-order chi connectivity index (χ0) is 28.5. The van der Waals surface area contributed by atoms with Crippen LogP contribution in [-0.4, -0.2) is 29.8 Å². The lowest BCUT2D eigenvalue weighted by molar-refractivity contribution is 0.242. The number of rotatable bonds is 10. The van der Waals surface area contributed by atoms with Crippen molar-refractivity contribution in [1.82, 2.24) is 9.55 Å². The van der Waals surface area contributed by atoms with Gasteiger partial charge in [0.25, 0.3) is 0 Å². The minimum Gasteiger partial charge on any atom is -0.493 e. The number of benzene rings is 4.